The van der Waals surface area contributed by atoms with E-state index in [-0.39, 0.29) is 11.8 Å². The number of aromatic amines is 1. The van der Waals surface area contributed by atoms with Gasteiger partial charge in [-0.3, -0.25) is 4.79 Å². The minimum absolute atomic E-state index is 0.147. The maximum absolute atomic E-state index is 14.3. The minimum Gasteiger partial charge on any atom is -0.458 e. The molecule has 1 amide bonds. The number of hydrogen-bond donors (Lipinski definition) is 1. The molecule has 1 aromatic carbocycles. The molecule has 0 unspecified atom stereocenters. The number of carbonyl (C=O) groups is 1. The summed E-state index contributed by atoms with van der Waals surface area (Å²) in [4.78, 5) is 26.6. The number of benzene rings is 1. The van der Waals surface area contributed by atoms with E-state index in [4.69, 9.17) is 8.83 Å². The average Bonchev–Trinajstić information content (AvgIpc) is 3.57. The van der Waals surface area contributed by atoms with Gasteiger partial charge in [-0.1, -0.05) is 6.07 Å². The first-order chi connectivity index (χ1) is 15.6. The summed E-state index contributed by atoms with van der Waals surface area (Å²) in [6.07, 6.45) is 5.44. The summed E-state index contributed by atoms with van der Waals surface area (Å²) in [5.41, 5.74) is 2.38. The Kier molecular flexibility index (Phi) is 3.97. The van der Waals surface area contributed by atoms with Crippen molar-refractivity contribution in [1.82, 2.24) is 34.6 Å². The Labute approximate surface area is 179 Å². The first-order valence-electron chi connectivity index (χ1n) is 9.91. The normalized spacial score (nSPS) is 15.9. The van der Waals surface area contributed by atoms with E-state index >= 15 is 0 Å². The standard InChI is InChI=1S/C21H16FN7O3/c1-28-8-14(25-10-28)19-26-27-20(32-19)21(30)29-6-5-13-17(24-9-23-13)18(29)16-7-11-12(22)3-2-4-15(11)31-16/h2-4,7-10,18H,5-6H2,1H3,(H,23,24)/t18-/m1/s1. The molecule has 10 nitrogen and oxygen atoms in total. The molecule has 1 atom stereocenters. The van der Waals surface area contributed by atoms with Crippen LogP contribution in [0.4, 0.5) is 4.39 Å². The Bertz CT molecular complexity index is 1460. The number of aryl methyl sites for hydroxylation is 1. The predicted molar refractivity (Wildman–Crippen MR) is 108 cm³/mol. The summed E-state index contributed by atoms with van der Waals surface area (Å²) in [5, 5.41) is 8.23. The number of aromatic nitrogens is 6. The van der Waals surface area contributed by atoms with Crippen LogP contribution in [0.5, 0.6) is 0 Å². The van der Waals surface area contributed by atoms with Gasteiger partial charge in [0.25, 0.3) is 5.89 Å². The lowest BCUT2D eigenvalue weighted by Crippen LogP contribution is -2.40. The maximum Gasteiger partial charge on any atom is 0.312 e. The second-order valence-electron chi connectivity index (χ2n) is 7.55. The number of nitrogens with zero attached hydrogens (tertiary/aromatic N) is 6. The molecular formula is C21H16FN7O3. The molecule has 1 aliphatic heterocycles. The number of halogens is 1. The number of rotatable bonds is 3. The van der Waals surface area contributed by atoms with Gasteiger partial charge in [-0.25, -0.2) is 14.4 Å². The molecule has 1 N–H and O–H groups in total. The number of carbonyl (C=O) groups excluding carboxylic acids is 1. The van der Waals surface area contributed by atoms with E-state index < -0.39 is 17.8 Å². The predicted octanol–water partition coefficient (Wildman–Crippen LogP) is 2.87. The number of hydrogen-bond acceptors (Lipinski definition) is 7. The Morgan fingerprint density at radius 2 is 2.16 bits per heavy atom. The zero-order valence-electron chi connectivity index (χ0n) is 16.8. The SMILES string of the molecule is Cn1cnc(-c2nnc(C(=O)N3CCc4[nH]cnc4[C@H]3c3cc4c(F)cccc4o3)o2)c1. The van der Waals surface area contributed by atoms with E-state index in [1.807, 2.05) is 7.05 Å². The molecule has 160 valence electrons. The van der Waals surface area contributed by atoms with Crippen LogP contribution in [0.1, 0.15) is 33.9 Å². The number of furan rings is 1. The van der Waals surface area contributed by atoms with Gasteiger partial charge >= 0.3 is 11.8 Å². The van der Waals surface area contributed by atoms with Crippen molar-refractivity contribution in [2.24, 2.45) is 7.05 Å². The van der Waals surface area contributed by atoms with Crippen molar-refractivity contribution < 1.29 is 18.0 Å². The fourth-order valence-corrected chi connectivity index (χ4v) is 4.02. The quantitative estimate of drug-likeness (QED) is 0.465. The fraction of sp³-hybridized carbons (Fsp3) is 0.190. The fourth-order valence-electron chi connectivity index (χ4n) is 4.02. The highest BCUT2D eigenvalue weighted by molar-refractivity contribution is 5.90. The number of nitrogens with one attached hydrogen (secondary N) is 1. The first kappa shape index (κ1) is 18.5. The molecule has 4 aromatic heterocycles. The van der Waals surface area contributed by atoms with E-state index in [0.717, 1.165) is 5.69 Å². The summed E-state index contributed by atoms with van der Waals surface area (Å²) in [7, 11) is 1.81. The molecule has 0 bridgehead atoms. The highest BCUT2D eigenvalue weighted by atomic mass is 19.1. The van der Waals surface area contributed by atoms with Crippen LogP contribution >= 0.6 is 0 Å². The van der Waals surface area contributed by atoms with Gasteiger partial charge in [-0.15, -0.1) is 10.2 Å². The van der Waals surface area contributed by atoms with Crippen molar-refractivity contribution >= 4 is 16.9 Å². The monoisotopic (exact) mass is 433 g/mol. The number of H-pyrrole nitrogens is 1. The van der Waals surface area contributed by atoms with Gasteiger partial charge in [-0.2, -0.15) is 0 Å². The van der Waals surface area contributed by atoms with Gasteiger partial charge in [0.15, 0.2) is 0 Å². The average molecular weight is 433 g/mol. The Morgan fingerprint density at radius 3 is 2.97 bits per heavy atom. The Morgan fingerprint density at radius 1 is 1.25 bits per heavy atom. The van der Waals surface area contributed by atoms with Gasteiger partial charge in [-0.05, 0) is 18.2 Å². The second kappa shape index (κ2) is 6.87. The molecule has 0 spiro atoms. The molecular weight excluding hydrogens is 417 g/mol. The highest BCUT2D eigenvalue weighted by Crippen LogP contribution is 2.37. The van der Waals surface area contributed by atoms with Crippen LogP contribution in [-0.4, -0.2) is 47.1 Å². The van der Waals surface area contributed by atoms with Crippen molar-refractivity contribution in [1.29, 1.82) is 0 Å². The zero-order valence-corrected chi connectivity index (χ0v) is 16.8. The van der Waals surface area contributed by atoms with Crippen LogP contribution in [0.15, 0.2) is 52.0 Å². The van der Waals surface area contributed by atoms with E-state index in [1.165, 1.54) is 6.07 Å². The van der Waals surface area contributed by atoms with Crippen LogP contribution < -0.4 is 0 Å². The van der Waals surface area contributed by atoms with Crippen LogP contribution in [-0.2, 0) is 13.5 Å². The molecule has 0 aliphatic carbocycles. The summed E-state index contributed by atoms with van der Waals surface area (Å²) >= 11 is 0. The van der Waals surface area contributed by atoms with Crippen LogP contribution in [0.3, 0.4) is 0 Å². The lowest BCUT2D eigenvalue weighted by atomic mass is 10.00. The molecule has 5 heterocycles. The zero-order chi connectivity index (χ0) is 21.8. The van der Waals surface area contributed by atoms with Gasteiger partial charge in [0.2, 0.25) is 0 Å². The molecule has 5 aromatic rings. The van der Waals surface area contributed by atoms with E-state index in [2.05, 4.69) is 25.1 Å². The Balaban J connectivity index is 1.41. The van der Waals surface area contributed by atoms with Crippen LogP contribution in [0.2, 0.25) is 0 Å². The summed E-state index contributed by atoms with van der Waals surface area (Å²) in [5.74, 6) is -0.494. The van der Waals surface area contributed by atoms with Crippen molar-refractivity contribution in [3.05, 3.63) is 72.0 Å². The third kappa shape index (κ3) is 2.82. The molecule has 6 rings (SSSR count). The maximum atomic E-state index is 14.3. The number of amides is 1. The van der Waals surface area contributed by atoms with Gasteiger partial charge in [0.05, 0.1) is 23.7 Å². The third-order valence-electron chi connectivity index (χ3n) is 5.51. The van der Waals surface area contributed by atoms with Crippen LogP contribution in [0.25, 0.3) is 22.6 Å². The van der Waals surface area contributed by atoms with Crippen molar-refractivity contribution in [3.8, 4) is 11.6 Å². The summed E-state index contributed by atoms with van der Waals surface area (Å²) in [6, 6.07) is 5.55. The Hall–Kier alpha value is -4.28. The largest absolute Gasteiger partial charge is 0.458 e. The minimum atomic E-state index is -0.672. The molecule has 11 heteroatoms. The van der Waals surface area contributed by atoms with Crippen LogP contribution in [0, 0.1) is 5.82 Å². The van der Waals surface area contributed by atoms with Crippen molar-refractivity contribution in [2.75, 3.05) is 6.54 Å². The van der Waals surface area contributed by atoms with Crippen molar-refractivity contribution in [3.63, 3.8) is 0 Å². The molecule has 0 saturated heterocycles. The number of fused-ring (bicyclic) bond motifs is 2. The molecule has 32 heavy (non-hydrogen) atoms. The molecule has 1 aliphatic rings. The molecule has 0 fully saturated rings. The summed E-state index contributed by atoms with van der Waals surface area (Å²) < 4.78 is 27.6. The topological polar surface area (TPSA) is 119 Å². The van der Waals surface area contributed by atoms with E-state index in [0.29, 0.717) is 41.1 Å². The lowest BCUT2D eigenvalue weighted by Gasteiger charge is -2.32. The third-order valence-corrected chi connectivity index (χ3v) is 5.51. The first-order valence-corrected chi connectivity index (χ1v) is 9.91. The van der Waals surface area contributed by atoms with Gasteiger partial charge in [0.1, 0.15) is 28.9 Å². The second-order valence-corrected chi connectivity index (χ2v) is 7.55. The van der Waals surface area contributed by atoms with Gasteiger partial charge in [0, 0.05) is 31.9 Å². The molecule has 0 saturated carbocycles. The number of imidazole rings is 2. The smallest absolute Gasteiger partial charge is 0.312 e. The van der Waals surface area contributed by atoms with E-state index in [1.54, 1.807) is 46.5 Å². The van der Waals surface area contributed by atoms with Crippen molar-refractivity contribution in [2.45, 2.75) is 12.5 Å². The summed E-state index contributed by atoms with van der Waals surface area (Å²) in [6.45, 7) is 0.361. The van der Waals surface area contributed by atoms with Gasteiger partial charge < -0.3 is 23.3 Å². The van der Waals surface area contributed by atoms with E-state index in [9.17, 15) is 9.18 Å². The lowest BCUT2D eigenvalue weighted by molar-refractivity contribution is 0.0632. The highest BCUT2D eigenvalue weighted by Gasteiger charge is 2.38. The molecule has 0 radical (unpaired) electrons.